The summed E-state index contributed by atoms with van der Waals surface area (Å²) in [6, 6.07) is -0.173. The van der Waals surface area contributed by atoms with Crippen molar-refractivity contribution in [2.24, 2.45) is 0 Å². The van der Waals surface area contributed by atoms with Crippen molar-refractivity contribution in [3.63, 3.8) is 0 Å². The number of nitro groups is 1. The molecule has 0 N–H and O–H groups in total. The molecule has 0 unspecified atom stereocenters. The van der Waals surface area contributed by atoms with Crippen molar-refractivity contribution in [1.29, 1.82) is 0 Å². The van der Waals surface area contributed by atoms with Crippen LogP contribution in [0.2, 0.25) is 0 Å². The zero-order valence-electron chi connectivity index (χ0n) is 11.8. The summed E-state index contributed by atoms with van der Waals surface area (Å²) < 4.78 is 24.6. The van der Waals surface area contributed by atoms with E-state index in [-0.39, 0.29) is 41.9 Å². The molecule has 0 bridgehead atoms. The van der Waals surface area contributed by atoms with Gasteiger partial charge in [-0.2, -0.15) is 0 Å². The van der Waals surface area contributed by atoms with E-state index in [1.54, 1.807) is 4.90 Å². The highest BCUT2D eigenvalue weighted by Crippen LogP contribution is 2.32. The summed E-state index contributed by atoms with van der Waals surface area (Å²) in [7, 11) is -3.06. The van der Waals surface area contributed by atoms with Gasteiger partial charge in [0.25, 0.3) is 0 Å². The average molecular weight is 328 g/mol. The Morgan fingerprint density at radius 3 is 2.64 bits per heavy atom. The smallest absolute Gasteiger partial charge is 0.358 e. The average Bonchev–Trinajstić information content (AvgIpc) is 3.02. The van der Waals surface area contributed by atoms with E-state index in [0.717, 1.165) is 12.8 Å². The fourth-order valence-electron chi connectivity index (χ4n) is 2.82. The van der Waals surface area contributed by atoms with Crippen LogP contribution in [0.1, 0.15) is 19.3 Å². The molecule has 9 nitrogen and oxygen atoms in total. The molecular formula is C12H16N4O5S. The first-order valence-electron chi connectivity index (χ1n) is 7.03. The minimum absolute atomic E-state index is 0.0132. The van der Waals surface area contributed by atoms with Crippen LogP contribution in [-0.4, -0.2) is 57.3 Å². The standard InChI is InChI=1S/C12H16N4O5S/c17-12(6-14-5-11(13-8-14)16(18)19)15(9-1-2-9)10-3-4-22(20,21)7-10/h5,8-10H,1-4,6-7H2/t10-/m0/s1. The summed E-state index contributed by atoms with van der Waals surface area (Å²) in [5.74, 6) is -0.393. The van der Waals surface area contributed by atoms with Crippen LogP contribution in [0, 0.1) is 10.1 Å². The number of hydrogen-bond donors (Lipinski definition) is 0. The molecule has 1 saturated heterocycles. The van der Waals surface area contributed by atoms with Gasteiger partial charge in [0.2, 0.25) is 12.2 Å². The van der Waals surface area contributed by atoms with E-state index < -0.39 is 14.8 Å². The monoisotopic (exact) mass is 328 g/mol. The fraction of sp³-hybridized carbons (Fsp3) is 0.667. The van der Waals surface area contributed by atoms with E-state index >= 15 is 0 Å². The molecule has 1 amide bonds. The first kappa shape index (κ1) is 14.9. The second-order valence-electron chi connectivity index (χ2n) is 5.75. The molecule has 120 valence electrons. The Bertz CT molecular complexity index is 709. The van der Waals surface area contributed by atoms with Crippen molar-refractivity contribution in [1.82, 2.24) is 14.5 Å². The molecule has 10 heteroatoms. The molecule has 0 spiro atoms. The van der Waals surface area contributed by atoms with E-state index in [0.29, 0.717) is 6.42 Å². The van der Waals surface area contributed by atoms with Gasteiger partial charge in [0.05, 0.1) is 11.5 Å². The number of aromatic nitrogens is 2. The van der Waals surface area contributed by atoms with Gasteiger partial charge in [0.15, 0.2) is 9.84 Å². The van der Waals surface area contributed by atoms with Gasteiger partial charge in [-0.05, 0) is 29.2 Å². The van der Waals surface area contributed by atoms with Gasteiger partial charge in [-0.3, -0.25) is 4.79 Å². The highest BCUT2D eigenvalue weighted by Gasteiger charge is 2.42. The van der Waals surface area contributed by atoms with Gasteiger partial charge in [0.1, 0.15) is 12.7 Å². The summed E-state index contributed by atoms with van der Waals surface area (Å²) in [6.45, 7) is -0.0616. The number of carbonyl (C=O) groups is 1. The SMILES string of the molecule is O=C(Cn1cnc([N+](=O)[O-])c1)N(C1CC1)[C@H]1CCS(=O)(=O)C1. The molecule has 2 aliphatic rings. The van der Waals surface area contributed by atoms with Crippen LogP contribution in [0.5, 0.6) is 0 Å². The highest BCUT2D eigenvalue weighted by molar-refractivity contribution is 7.91. The van der Waals surface area contributed by atoms with Crippen LogP contribution >= 0.6 is 0 Å². The zero-order valence-corrected chi connectivity index (χ0v) is 12.6. The molecule has 1 atom stereocenters. The fourth-order valence-corrected chi connectivity index (χ4v) is 4.53. The molecule has 0 radical (unpaired) electrons. The maximum Gasteiger partial charge on any atom is 0.381 e. The van der Waals surface area contributed by atoms with E-state index in [4.69, 9.17) is 0 Å². The summed E-state index contributed by atoms with van der Waals surface area (Å²) in [6.07, 6.45) is 4.67. The lowest BCUT2D eigenvalue weighted by atomic mass is 10.2. The topological polar surface area (TPSA) is 115 Å². The quantitative estimate of drug-likeness (QED) is 0.553. The molecule has 2 fully saturated rings. The lowest BCUT2D eigenvalue weighted by Gasteiger charge is -2.28. The minimum atomic E-state index is -3.06. The molecular weight excluding hydrogens is 312 g/mol. The van der Waals surface area contributed by atoms with Gasteiger partial charge in [-0.15, -0.1) is 0 Å². The summed E-state index contributed by atoms with van der Waals surface area (Å²) in [5.41, 5.74) is 0. The largest absolute Gasteiger partial charge is 0.381 e. The number of carbonyl (C=O) groups excluding carboxylic acids is 1. The van der Waals surface area contributed by atoms with Crippen LogP contribution in [0.4, 0.5) is 5.82 Å². The van der Waals surface area contributed by atoms with Gasteiger partial charge in [-0.1, -0.05) is 0 Å². The van der Waals surface area contributed by atoms with Gasteiger partial charge in [-0.25, -0.2) is 8.42 Å². The number of amides is 1. The molecule has 1 aliphatic carbocycles. The molecule has 1 saturated carbocycles. The van der Waals surface area contributed by atoms with Crippen LogP contribution < -0.4 is 0 Å². The van der Waals surface area contributed by atoms with E-state index in [2.05, 4.69) is 4.98 Å². The molecule has 2 heterocycles. The predicted molar refractivity (Wildman–Crippen MR) is 75.8 cm³/mol. The Balaban J connectivity index is 1.71. The molecule has 1 aromatic heterocycles. The number of rotatable bonds is 5. The van der Waals surface area contributed by atoms with Crippen molar-refractivity contribution in [3.8, 4) is 0 Å². The molecule has 22 heavy (non-hydrogen) atoms. The first-order valence-corrected chi connectivity index (χ1v) is 8.85. The molecule has 1 aromatic rings. The molecule has 0 aromatic carbocycles. The maximum absolute atomic E-state index is 12.5. The number of sulfone groups is 1. The Kier molecular flexibility index (Phi) is 3.63. The van der Waals surface area contributed by atoms with E-state index in [1.807, 2.05) is 0 Å². The Morgan fingerprint density at radius 2 is 2.14 bits per heavy atom. The Hall–Kier alpha value is -1.97. The number of nitrogens with zero attached hydrogens (tertiary/aromatic N) is 4. The third-order valence-electron chi connectivity index (χ3n) is 3.95. The van der Waals surface area contributed by atoms with Gasteiger partial charge >= 0.3 is 5.82 Å². The van der Waals surface area contributed by atoms with E-state index in [1.165, 1.54) is 17.1 Å². The third-order valence-corrected chi connectivity index (χ3v) is 5.70. The second-order valence-corrected chi connectivity index (χ2v) is 7.98. The first-order chi connectivity index (χ1) is 10.4. The van der Waals surface area contributed by atoms with Crippen LogP contribution in [-0.2, 0) is 21.2 Å². The lowest BCUT2D eigenvalue weighted by molar-refractivity contribution is -0.389. The van der Waals surface area contributed by atoms with Crippen molar-refractivity contribution >= 4 is 21.6 Å². The summed E-state index contributed by atoms with van der Waals surface area (Å²) in [4.78, 5) is 27.7. The van der Waals surface area contributed by atoms with Crippen molar-refractivity contribution in [2.45, 2.75) is 37.9 Å². The van der Waals surface area contributed by atoms with Crippen LogP contribution in [0.15, 0.2) is 12.5 Å². The second kappa shape index (κ2) is 5.34. The highest BCUT2D eigenvalue weighted by atomic mass is 32.2. The maximum atomic E-state index is 12.5. The zero-order chi connectivity index (χ0) is 15.9. The molecule has 3 rings (SSSR count). The summed E-state index contributed by atoms with van der Waals surface area (Å²) >= 11 is 0. The molecule has 1 aliphatic heterocycles. The van der Waals surface area contributed by atoms with Crippen molar-refractivity contribution in [3.05, 3.63) is 22.6 Å². The minimum Gasteiger partial charge on any atom is -0.358 e. The van der Waals surface area contributed by atoms with Crippen LogP contribution in [0.3, 0.4) is 0 Å². The van der Waals surface area contributed by atoms with Gasteiger partial charge < -0.3 is 19.6 Å². The third kappa shape index (κ3) is 3.11. The van der Waals surface area contributed by atoms with E-state index in [9.17, 15) is 23.3 Å². The van der Waals surface area contributed by atoms with Crippen LogP contribution in [0.25, 0.3) is 0 Å². The number of hydrogen-bond acceptors (Lipinski definition) is 6. The normalized spacial score (nSPS) is 23.4. The lowest BCUT2D eigenvalue weighted by Crippen LogP contribution is -2.44. The Morgan fingerprint density at radius 1 is 1.41 bits per heavy atom. The summed E-state index contributed by atoms with van der Waals surface area (Å²) in [5, 5.41) is 10.6. The van der Waals surface area contributed by atoms with Gasteiger partial charge in [0, 0.05) is 12.1 Å². The van der Waals surface area contributed by atoms with Crippen molar-refractivity contribution < 1.29 is 18.1 Å². The predicted octanol–water partition coefficient (Wildman–Crippen LogP) is -0.0306. The number of imidazole rings is 1. The Labute approximate surface area is 127 Å². The van der Waals surface area contributed by atoms with Crippen molar-refractivity contribution in [2.75, 3.05) is 11.5 Å².